The van der Waals surface area contributed by atoms with E-state index < -0.39 is 11.4 Å². The summed E-state index contributed by atoms with van der Waals surface area (Å²) in [6.07, 6.45) is 0.400. The SMILES string of the molecule is CCC(CO)(CO)NC(=O)c1oc2ccc(Cl)cc2c1C. The van der Waals surface area contributed by atoms with E-state index in [1.165, 1.54) is 0 Å². The Balaban J connectivity index is 2.38. The highest BCUT2D eigenvalue weighted by Crippen LogP contribution is 2.28. The molecule has 0 aliphatic heterocycles. The number of furan rings is 1. The summed E-state index contributed by atoms with van der Waals surface area (Å²) >= 11 is 5.94. The van der Waals surface area contributed by atoms with Crippen LogP contribution in [-0.4, -0.2) is 34.9 Å². The highest BCUT2D eigenvalue weighted by Gasteiger charge is 2.31. The molecule has 1 amide bonds. The zero-order valence-corrected chi connectivity index (χ0v) is 12.7. The quantitative estimate of drug-likeness (QED) is 0.791. The Kier molecular flexibility index (Phi) is 4.56. The molecule has 0 unspecified atom stereocenters. The Hall–Kier alpha value is -1.56. The van der Waals surface area contributed by atoms with Gasteiger partial charge in [-0.2, -0.15) is 0 Å². The minimum atomic E-state index is -1.06. The molecule has 0 bridgehead atoms. The number of hydrogen-bond donors (Lipinski definition) is 3. The van der Waals surface area contributed by atoms with Gasteiger partial charge in [0.2, 0.25) is 0 Å². The summed E-state index contributed by atoms with van der Waals surface area (Å²) in [6, 6.07) is 5.12. The zero-order valence-electron chi connectivity index (χ0n) is 11.9. The normalized spacial score (nSPS) is 11.9. The molecule has 1 heterocycles. The fraction of sp³-hybridized carbons (Fsp3) is 0.400. The number of rotatable bonds is 5. The average Bonchev–Trinajstić information content (AvgIpc) is 2.82. The number of halogens is 1. The Bertz CT molecular complexity index is 653. The van der Waals surface area contributed by atoms with Crippen molar-refractivity contribution in [2.75, 3.05) is 13.2 Å². The predicted octanol–water partition coefficient (Wildman–Crippen LogP) is 2.26. The van der Waals surface area contributed by atoms with Crippen molar-refractivity contribution < 1.29 is 19.4 Å². The van der Waals surface area contributed by atoms with Gasteiger partial charge in [0.1, 0.15) is 5.58 Å². The summed E-state index contributed by atoms with van der Waals surface area (Å²) in [5.74, 6) is -0.309. The number of fused-ring (bicyclic) bond motifs is 1. The third-order valence-corrected chi connectivity index (χ3v) is 4.00. The van der Waals surface area contributed by atoms with Gasteiger partial charge < -0.3 is 19.9 Å². The first-order chi connectivity index (χ1) is 9.96. The molecule has 2 aromatic rings. The van der Waals surface area contributed by atoms with Crippen molar-refractivity contribution in [2.24, 2.45) is 0 Å². The van der Waals surface area contributed by atoms with Crippen LogP contribution in [0.2, 0.25) is 5.02 Å². The summed E-state index contributed by atoms with van der Waals surface area (Å²) < 4.78 is 5.56. The van der Waals surface area contributed by atoms with E-state index in [0.717, 1.165) is 5.39 Å². The first-order valence-electron chi connectivity index (χ1n) is 6.69. The molecule has 0 atom stereocenters. The topological polar surface area (TPSA) is 82.7 Å². The highest BCUT2D eigenvalue weighted by atomic mass is 35.5. The van der Waals surface area contributed by atoms with E-state index in [1.807, 2.05) is 0 Å². The molecule has 0 aliphatic carbocycles. The summed E-state index contributed by atoms with van der Waals surface area (Å²) in [7, 11) is 0. The number of carbonyl (C=O) groups excluding carboxylic acids is 1. The number of amides is 1. The number of aliphatic hydroxyl groups excluding tert-OH is 2. The fourth-order valence-electron chi connectivity index (χ4n) is 2.15. The van der Waals surface area contributed by atoms with Gasteiger partial charge in [-0.25, -0.2) is 0 Å². The molecular formula is C15H18ClNO4. The molecule has 0 fully saturated rings. The highest BCUT2D eigenvalue weighted by molar-refractivity contribution is 6.31. The second-order valence-corrected chi connectivity index (χ2v) is 5.54. The van der Waals surface area contributed by atoms with Crippen LogP contribution < -0.4 is 5.32 Å². The van der Waals surface area contributed by atoms with Crippen LogP contribution in [0, 0.1) is 6.92 Å². The van der Waals surface area contributed by atoms with Gasteiger partial charge in [0, 0.05) is 16.0 Å². The van der Waals surface area contributed by atoms with Crippen molar-refractivity contribution >= 4 is 28.5 Å². The van der Waals surface area contributed by atoms with E-state index in [1.54, 1.807) is 32.0 Å². The maximum Gasteiger partial charge on any atom is 0.287 e. The molecule has 1 aromatic heterocycles. The lowest BCUT2D eigenvalue weighted by atomic mass is 9.98. The van der Waals surface area contributed by atoms with Crippen LogP contribution in [0.1, 0.15) is 29.5 Å². The zero-order chi connectivity index (χ0) is 15.6. The van der Waals surface area contributed by atoms with E-state index in [4.69, 9.17) is 16.0 Å². The molecule has 0 saturated carbocycles. The summed E-state index contributed by atoms with van der Waals surface area (Å²) in [5, 5.41) is 22.8. The number of aryl methyl sites for hydroxylation is 1. The van der Waals surface area contributed by atoms with Crippen LogP contribution in [0.15, 0.2) is 22.6 Å². The van der Waals surface area contributed by atoms with Gasteiger partial charge >= 0.3 is 0 Å². The van der Waals surface area contributed by atoms with Crippen LogP contribution in [0.25, 0.3) is 11.0 Å². The molecule has 3 N–H and O–H groups in total. The molecule has 0 saturated heterocycles. The van der Waals surface area contributed by atoms with E-state index in [-0.39, 0.29) is 19.0 Å². The third kappa shape index (κ3) is 2.90. The Labute approximate surface area is 127 Å². The number of hydrogen-bond acceptors (Lipinski definition) is 4. The molecule has 2 rings (SSSR count). The van der Waals surface area contributed by atoms with Crippen molar-refractivity contribution in [1.82, 2.24) is 5.32 Å². The second-order valence-electron chi connectivity index (χ2n) is 5.10. The third-order valence-electron chi connectivity index (χ3n) is 3.77. The minimum absolute atomic E-state index is 0.159. The molecule has 6 heteroatoms. The summed E-state index contributed by atoms with van der Waals surface area (Å²) in [4.78, 5) is 12.4. The van der Waals surface area contributed by atoms with Gasteiger partial charge in [-0.15, -0.1) is 0 Å². The number of aliphatic hydroxyl groups is 2. The van der Waals surface area contributed by atoms with E-state index >= 15 is 0 Å². The molecule has 0 radical (unpaired) electrons. The number of nitrogens with one attached hydrogen (secondary N) is 1. The Morgan fingerprint density at radius 1 is 1.38 bits per heavy atom. The Morgan fingerprint density at radius 3 is 2.62 bits per heavy atom. The largest absolute Gasteiger partial charge is 0.451 e. The van der Waals surface area contributed by atoms with Crippen LogP contribution in [-0.2, 0) is 0 Å². The lowest BCUT2D eigenvalue weighted by Gasteiger charge is -2.29. The van der Waals surface area contributed by atoms with Crippen molar-refractivity contribution in [3.63, 3.8) is 0 Å². The van der Waals surface area contributed by atoms with E-state index in [2.05, 4.69) is 5.32 Å². The molecule has 0 spiro atoms. The Morgan fingerprint density at radius 2 is 2.05 bits per heavy atom. The molecule has 114 valence electrons. The van der Waals surface area contributed by atoms with Crippen LogP contribution in [0.4, 0.5) is 0 Å². The lowest BCUT2D eigenvalue weighted by molar-refractivity contribution is 0.0633. The molecule has 1 aromatic carbocycles. The molecule has 21 heavy (non-hydrogen) atoms. The van der Waals surface area contributed by atoms with Crippen molar-refractivity contribution in [2.45, 2.75) is 25.8 Å². The van der Waals surface area contributed by atoms with Gasteiger partial charge in [-0.1, -0.05) is 18.5 Å². The van der Waals surface area contributed by atoms with Crippen LogP contribution in [0.5, 0.6) is 0 Å². The van der Waals surface area contributed by atoms with E-state index in [0.29, 0.717) is 22.6 Å². The minimum Gasteiger partial charge on any atom is -0.451 e. The van der Waals surface area contributed by atoms with Crippen LogP contribution >= 0.6 is 11.6 Å². The van der Waals surface area contributed by atoms with Crippen molar-refractivity contribution in [1.29, 1.82) is 0 Å². The lowest BCUT2D eigenvalue weighted by Crippen LogP contribution is -2.53. The first-order valence-corrected chi connectivity index (χ1v) is 7.07. The standard InChI is InChI=1S/C15H18ClNO4/c1-3-15(7-18,8-19)17-14(20)13-9(2)11-6-10(16)4-5-12(11)21-13/h4-6,18-19H,3,7-8H2,1-2H3,(H,17,20). The van der Waals surface area contributed by atoms with Gasteiger partial charge in [0.15, 0.2) is 5.76 Å². The number of carbonyl (C=O) groups is 1. The van der Waals surface area contributed by atoms with Gasteiger partial charge in [-0.05, 0) is 31.5 Å². The predicted molar refractivity (Wildman–Crippen MR) is 80.6 cm³/mol. The summed E-state index contributed by atoms with van der Waals surface area (Å²) in [6.45, 7) is 2.84. The molecule has 5 nitrogen and oxygen atoms in total. The van der Waals surface area contributed by atoms with E-state index in [9.17, 15) is 15.0 Å². The maximum absolute atomic E-state index is 12.4. The fourth-order valence-corrected chi connectivity index (χ4v) is 2.32. The van der Waals surface area contributed by atoms with Gasteiger partial charge in [0.25, 0.3) is 5.91 Å². The second kappa shape index (κ2) is 6.05. The summed E-state index contributed by atoms with van der Waals surface area (Å²) in [5.41, 5.74) is 0.184. The molecule has 0 aliphatic rings. The monoisotopic (exact) mass is 311 g/mol. The smallest absolute Gasteiger partial charge is 0.287 e. The number of benzene rings is 1. The first kappa shape index (κ1) is 15.8. The van der Waals surface area contributed by atoms with Crippen molar-refractivity contribution in [3.05, 3.63) is 34.5 Å². The maximum atomic E-state index is 12.4. The van der Waals surface area contributed by atoms with Gasteiger partial charge in [0.05, 0.1) is 18.8 Å². The molecular weight excluding hydrogens is 294 g/mol. The van der Waals surface area contributed by atoms with Crippen molar-refractivity contribution in [3.8, 4) is 0 Å². The van der Waals surface area contributed by atoms with Crippen LogP contribution in [0.3, 0.4) is 0 Å². The van der Waals surface area contributed by atoms with Gasteiger partial charge in [-0.3, -0.25) is 4.79 Å². The average molecular weight is 312 g/mol.